The molecule has 8 heteroatoms. The number of nitrogens with two attached hydrogens (primary N) is 1. The van der Waals surface area contributed by atoms with Crippen molar-refractivity contribution in [1.29, 1.82) is 0 Å². The number of nitrogens with zero attached hydrogens (tertiary/aromatic N) is 2. The molecule has 0 fully saturated rings. The predicted molar refractivity (Wildman–Crippen MR) is 73.5 cm³/mol. The lowest BCUT2D eigenvalue weighted by Crippen LogP contribution is -2.23. The Morgan fingerprint density at radius 2 is 2.10 bits per heavy atom. The van der Waals surface area contributed by atoms with E-state index in [9.17, 15) is 8.42 Å². The van der Waals surface area contributed by atoms with Gasteiger partial charge in [-0.2, -0.15) is 0 Å². The lowest BCUT2D eigenvalue weighted by Gasteiger charge is -2.07. The summed E-state index contributed by atoms with van der Waals surface area (Å²) in [6.07, 6.45) is 2.89. The highest BCUT2D eigenvalue weighted by Crippen LogP contribution is 2.12. The van der Waals surface area contributed by atoms with Crippen LogP contribution >= 0.6 is 0 Å². The van der Waals surface area contributed by atoms with Gasteiger partial charge in [0.05, 0.1) is 12.0 Å². The lowest BCUT2D eigenvalue weighted by molar-refractivity contribution is 0.397. The summed E-state index contributed by atoms with van der Waals surface area (Å²) in [4.78, 5) is 7.83. The Bertz CT molecular complexity index is 686. The summed E-state index contributed by atoms with van der Waals surface area (Å²) in [5, 5.41) is 0. The monoisotopic (exact) mass is 294 g/mol. The number of hydrogen-bond acceptors (Lipinski definition) is 6. The summed E-state index contributed by atoms with van der Waals surface area (Å²) in [5.41, 5.74) is 6.19. The molecule has 0 saturated carbocycles. The molecule has 2 aromatic rings. The zero-order valence-electron chi connectivity index (χ0n) is 10.8. The first-order valence-electron chi connectivity index (χ1n) is 5.71. The maximum Gasteiger partial charge on any atom is 0.241 e. The second kappa shape index (κ2) is 5.85. The maximum absolute atomic E-state index is 12.0. The number of anilines is 1. The molecule has 7 nitrogen and oxygen atoms in total. The molecule has 20 heavy (non-hydrogen) atoms. The topological polar surface area (TPSA) is 107 Å². The Balaban J connectivity index is 2.09. The van der Waals surface area contributed by atoms with E-state index >= 15 is 0 Å². The molecule has 2 aromatic heterocycles. The first-order chi connectivity index (χ1) is 9.51. The summed E-state index contributed by atoms with van der Waals surface area (Å²) in [5.74, 6) is 0.623. The van der Waals surface area contributed by atoms with Gasteiger partial charge in [0.1, 0.15) is 5.82 Å². The molecular formula is C12H14N4O3S. The van der Waals surface area contributed by atoms with E-state index in [-0.39, 0.29) is 17.3 Å². The third kappa shape index (κ3) is 3.43. The van der Waals surface area contributed by atoms with Crippen molar-refractivity contribution in [1.82, 2.24) is 14.7 Å². The van der Waals surface area contributed by atoms with Crippen molar-refractivity contribution in [3.05, 3.63) is 42.2 Å². The van der Waals surface area contributed by atoms with Gasteiger partial charge in [-0.1, -0.05) is 6.07 Å². The van der Waals surface area contributed by atoms with E-state index < -0.39 is 10.0 Å². The first-order valence-corrected chi connectivity index (χ1v) is 7.20. The predicted octanol–water partition coefficient (Wildman–Crippen LogP) is 0.546. The second-order valence-electron chi connectivity index (χ2n) is 3.95. The number of methoxy groups -OCH3 is 1. The molecule has 0 unspecified atom stereocenters. The average molecular weight is 294 g/mol. The Labute approximate surface area is 116 Å². The number of ether oxygens (including phenoxy) is 1. The van der Waals surface area contributed by atoms with Gasteiger partial charge >= 0.3 is 0 Å². The van der Waals surface area contributed by atoms with Gasteiger partial charge < -0.3 is 10.5 Å². The van der Waals surface area contributed by atoms with Crippen LogP contribution in [0.2, 0.25) is 0 Å². The summed E-state index contributed by atoms with van der Waals surface area (Å²) >= 11 is 0. The minimum atomic E-state index is -3.63. The van der Waals surface area contributed by atoms with Crippen LogP contribution in [0, 0.1) is 0 Å². The molecule has 0 aliphatic heterocycles. The molecule has 3 N–H and O–H groups in total. The van der Waals surface area contributed by atoms with E-state index in [1.807, 2.05) is 0 Å². The molecule has 2 rings (SSSR count). The van der Waals surface area contributed by atoms with Gasteiger partial charge in [0.2, 0.25) is 15.9 Å². The summed E-state index contributed by atoms with van der Waals surface area (Å²) in [7, 11) is -2.11. The maximum atomic E-state index is 12.0. The third-order valence-electron chi connectivity index (χ3n) is 2.54. The van der Waals surface area contributed by atoms with E-state index in [1.54, 1.807) is 18.3 Å². The first kappa shape index (κ1) is 14.2. The van der Waals surface area contributed by atoms with Crippen molar-refractivity contribution in [3.8, 4) is 5.88 Å². The van der Waals surface area contributed by atoms with Crippen LogP contribution in [-0.4, -0.2) is 25.5 Å². The number of pyridine rings is 2. The average Bonchev–Trinajstić information content (AvgIpc) is 2.46. The normalized spacial score (nSPS) is 11.2. The van der Waals surface area contributed by atoms with Crippen molar-refractivity contribution in [2.75, 3.05) is 12.8 Å². The van der Waals surface area contributed by atoms with Crippen LogP contribution in [0.1, 0.15) is 5.56 Å². The van der Waals surface area contributed by atoms with Gasteiger partial charge in [-0.3, -0.25) is 0 Å². The zero-order chi connectivity index (χ0) is 14.6. The Morgan fingerprint density at radius 1 is 1.30 bits per heavy atom. The van der Waals surface area contributed by atoms with Crippen molar-refractivity contribution >= 4 is 15.8 Å². The van der Waals surface area contributed by atoms with E-state index in [1.165, 1.54) is 25.4 Å². The molecule has 2 heterocycles. The molecular weight excluding hydrogens is 280 g/mol. The van der Waals surface area contributed by atoms with E-state index in [0.717, 1.165) is 5.56 Å². The van der Waals surface area contributed by atoms with Crippen LogP contribution in [0.5, 0.6) is 5.88 Å². The fourth-order valence-corrected chi connectivity index (χ4v) is 2.53. The lowest BCUT2D eigenvalue weighted by atomic mass is 10.3. The Morgan fingerprint density at radius 3 is 2.70 bits per heavy atom. The van der Waals surface area contributed by atoms with Gasteiger partial charge in [-0.05, 0) is 11.6 Å². The van der Waals surface area contributed by atoms with Crippen LogP contribution in [0.3, 0.4) is 0 Å². The number of hydrogen-bond donors (Lipinski definition) is 2. The van der Waals surface area contributed by atoms with Gasteiger partial charge in [0.25, 0.3) is 0 Å². The highest BCUT2D eigenvalue weighted by Gasteiger charge is 2.14. The van der Waals surface area contributed by atoms with E-state index in [4.69, 9.17) is 10.5 Å². The van der Waals surface area contributed by atoms with Gasteiger partial charge in [-0.15, -0.1) is 0 Å². The van der Waals surface area contributed by atoms with Gasteiger partial charge in [0, 0.05) is 31.1 Å². The van der Waals surface area contributed by atoms with Crippen LogP contribution in [0.25, 0.3) is 0 Å². The summed E-state index contributed by atoms with van der Waals surface area (Å²) in [6, 6.07) is 6.07. The molecule has 0 aliphatic rings. The molecule has 0 atom stereocenters. The summed E-state index contributed by atoms with van der Waals surface area (Å²) < 4.78 is 31.5. The highest BCUT2D eigenvalue weighted by atomic mass is 32.2. The smallest absolute Gasteiger partial charge is 0.241 e. The molecule has 0 spiro atoms. The highest BCUT2D eigenvalue weighted by molar-refractivity contribution is 7.89. The van der Waals surface area contributed by atoms with Gasteiger partial charge in [0.15, 0.2) is 0 Å². The molecule has 0 amide bonds. The van der Waals surface area contributed by atoms with Crippen molar-refractivity contribution in [2.24, 2.45) is 0 Å². The minimum absolute atomic E-state index is 0.0754. The van der Waals surface area contributed by atoms with Crippen molar-refractivity contribution < 1.29 is 13.2 Å². The van der Waals surface area contributed by atoms with Crippen LogP contribution < -0.4 is 15.2 Å². The Hall–Kier alpha value is -2.19. The zero-order valence-corrected chi connectivity index (χ0v) is 11.6. The SMILES string of the molecule is COc1ccc(CNS(=O)(=O)c2ccnc(N)c2)cn1. The number of rotatable bonds is 5. The largest absolute Gasteiger partial charge is 0.481 e. The molecule has 0 aromatic carbocycles. The van der Waals surface area contributed by atoms with Crippen LogP contribution in [0.15, 0.2) is 41.6 Å². The Kier molecular flexibility index (Phi) is 4.16. The van der Waals surface area contributed by atoms with E-state index in [2.05, 4.69) is 14.7 Å². The number of aromatic nitrogens is 2. The molecule has 0 aliphatic carbocycles. The number of sulfonamides is 1. The summed E-state index contributed by atoms with van der Waals surface area (Å²) in [6.45, 7) is 0.127. The van der Waals surface area contributed by atoms with Crippen LogP contribution in [0.4, 0.5) is 5.82 Å². The fourth-order valence-electron chi connectivity index (χ4n) is 1.49. The fraction of sp³-hybridized carbons (Fsp3) is 0.167. The number of nitrogens with one attached hydrogen (secondary N) is 1. The van der Waals surface area contributed by atoms with Crippen LogP contribution in [-0.2, 0) is 16.6 Å². The van der Waals surface area contributed by atoms with Crippen molar-refractivity contribution in [2.45, 2.75) is 11.4 Å². The van der Waals surface area contributed by atoms with Crippen molar-refractivity contribution in [3.63, 3.8) is 0 Å². The molecule has 0 radical (unpaired) electrons. The quantitative estimate of drug-likeness (QED) is 0.833. The minimum Gasteiger partial charge on any atom is -0.481 e. The van der Waals surface area contributed by atoms with E-state index in [0.29, 0.717) is 5.88 Å². The molecule has 0 bridgehead atoms. The second-order valence-corrected chi connectivity index (χ2v) is 5.72. The molecule has 106 valence electrons. The standard InChI is InChI=1S/C12H14N4O3S/c1-19-12-3-2-9(7-15-12)8-16-20(17,18)10-4-5-14-11(13)6-10/h2-7,16H,8H2,1H3,(H2,13,14). The third-order valence-corrected chi connectivity index (χ3v) is 3.93. The number of nitrogen functional groups attached to an aromatic ring is 1. The van der Waals surface area contributed by atoms with Gasteiger partial charge in [-0.25, -0.2) is 23.1 Å². The molecule has 0 saturated heterocycles.